The fourth-order valence-electron chi connectivity index (χ4n) is 4.12. The highest BCUT2D eigenvalue weighted by Gasteiger charge is 2.21. The second kappa shape index (κ2) is 9.58. The Morgan fingerprint density at radius 3 is 2.71 bits per heavy atom. The normalized spacial score (nSPS) is 14.5. The van der Waals surface area contributed by atoms with Crippen molar-refractivity contribution in [2.24, 2.45) is 0 Å². The molecule has 1 saturated heterocycles. The number of carbonyl (C=O) groups excluding carboxylic acids is 1. The third kappa shape index (κ3) is 4.57. The van der Waals surface area contributed by atoms with E-state index in [0.717, 1.165) is 23.9 Å². The van der Waals surface area contributed by atoms with Gasteiger partial charge in [-0.2, -0.15) is 0 Å². The van der Waals surface area contributed by atoms with Crippen LogP contribution in [0.1, 0.15) is 28.1 Å². The number of nitrogens with one attached hydrogen (secondary N) is 1. The Labute approximate surface area is 205 Å². The number of rotatable bonds is 5. The van der Waals surface area contributed by atoms with Gasteiger partial charge in [-0.3, -0.25) is 9.59 Å². The molecule has 0 unspecified atom stereocenters. The van der Waals surface area contributed by atoms with Gasteiger partial charge in [0.2, 0.25) is 0 Å². The zero-order valence-corrected chi connectivity index (χ0v) is 19.9. The van der Waals surface area contributed by atoms with Crippen LogP contribution in [0.25, 0.3) is 16.6 Å². The highest BCUT2D eigenvalue weighted by atomic mass is 35.5. The highest BCUT2D eigenvalue weighted by molar-refractivity contribution is 7.17. The van der Waals surface area contributed by atoms with Crippen LogP contribution in [0.2, 0.25) is 5.02 Å². The summed E-state index contributed by atoms with van der Waals surface area (Å²) in [6.45, 7) is 1.53. The summed E-state index contributed by atoms with van der Waals surface area (Å²) in [6.07, 6.45) is 4.44. The van der Waals surface area contributed by atoms with Crippen LogP contribution in [0.4, 0.5) is 5.13 Å². The third-order valence-electron chi connectivity index (χ3n) is 5.97. The minimum absolute atomic E-state index is 0.0895. The van der Waals surface area contributed by atoms with E-state index in [0.29, 0.717) is 39.2 Å². The quantitative estimate of drug-likeness (QED) is 0.438. The van der Waals surface area contributed by atoms with E-state index in [-0.39, 0.29) is 24.0 Å². The molecular formula is C25H23ClN4O3S. The number of nitrogens with zero attached hydrogens (tertiary/aromatic N) is 3. The van der Waals surface area contributed by atoms with Crippen LogP contribution in [0, 0.1) is 0 Å². The Balaban J connectivity index is 1.39. The number of halogens is 1. The molecule has 3 heterocycles. The molecule has 2 aromatic carbocycles. The summed E-state index contributed by atoms with van der Waals surface area (Å²) in [4.78, 5) is 32.9. The Hall–Kier alpha value is -3.20. The molecular weight excluding hydrogens is 472 g/mol. The van der Waals surface area contributed by atoms with E-state index in [1.54, 1.807) is 30.6 Å². The van der Waals surface area contributed by atoms with Gasteiger partial charge in [0, 0.05) is 47.5 Å². The smallest absolute Gasteiger partial charge is 0.263 e. The van der Waals surface area contributed by atoms with Crippen molar-refractivity contribution in [1.82, 2.24) is 14.9 Å². The number of para-hydroxylation sites is 1. The van der Waals surface area contributed by atoms with Crippen molar-refractivity contribution in [3.63, 3.8) is 0 Å². The van der Waals surface area contributed by atoms with Gasteiger partial charge in [0.05, 0.1) is 17.8 Å². The number of amides is 1. The fourth-order valence-corrected chi connectivity index (χ4v) is 5.17. The maximum atomic E-state index is 13.2. The van der Waals surface area contributed by atoms with Crippen LogP contribution < -0.4 is 15.6 Å². The molecule has 4 aromatic rings. The van der Waals surface area contributed by atoms with E-state index in [4.69, 9.17) is 11.6 Å². The number of hydrogen-bond acceptors (Lipinski definition) is 6. The van der Waals surface area contributed by atoms with Gasteiger partial charge in [-0.15, -0.1) is 0 Å². The highest BCUT2D eigenvalue weighted by Crippen LogP contribution is 2.26. The summed E-state index contributed by atoms with van der Waals surface area (Å²) in [5, 5.41) is 14.4. The summed E-state index contributed by atoms with van der Waals surface area (Å²) in [5.41, 5.74) is 1.93. The van der Waals surface area contributed by atoms with Gasteiger partial charge in [-0.1, -0.05) is 41.1 Å². The molecule has 0 saturated carbocycles. The zero-order valence-electron chi connectivity index (χ0n) is 18.3. The van der Waals surface area contributed by atoms with E-state index in [1.165, 1.54) is 11.3 Å². The van der Waals surface area contributed by atoms with Crippen molar-refractivity contribution in [1.29, 1.82) is 0 Å². The number of fused-ring (bicyclic) bond motifs is 1. The molecule has 1 fully saturated rings. The van der Waals surface area contributed by atoms with Gasteiger partial charge in [-0.25, -0.2) is 4.98 Å². The van der Waals surface area contributed by atoms with Gasteiger partial charge in [-0.05, 0) is 43.2 Å². The number of piperidine rings is 1. The summed E-state index contributed by atoms with van der Waals surface area (Å²) >= 11 is 7.53. The standard InChI is InChI=1S/C25H23ClN4O3S/c26-17-6-7-20-21(12-17)30(18-4-2-1-3-5-18)15-16(23(20)32)13-27-24(33)22-14-28-25(34-22)29-10-8-19(31)9-11-29/h1-7,12,14-15,19,31H,8-11,13H2,(H,27,33). The molecule has 0 bridgehead atoms. The van der Waals surface area contributed by atoms with E-state index >= 15 is 0 Å². The molecule has 0 atom stereocenters. The molecule has 34 heavy (non-hydrogen) atoms. The monoisotopic (exact) mass is 494 g/mol. The minimum Gasteiger partial charge on any atom is -0.393 e. The number of hydrogen-bond donors (Lipinski definition) is 2. The van der Waals surface area contributed by atoms with Crippen molar-refractivity contribution in [3.05, 3.63) is 86.6 Å². The lowest BCUT2D eigenvalue weighted by atomic mass is 10.1. The van der Waals surface area contributed by atoms with Crippen molar-refractivity contribution in [2.45, 2.75) is 25.5 Å². The van der Waals surface area contributed by atoms with Crippen LogP contribution in [0.5, 0.6) is 0 Å². The van der Waals surface area contributed by atoms with E-state index in [9.17, 15) is 14.7 Å². The number of benzene rings is 2. The second-order valence-corrected chi connectivity index (χ2v) is 9.70. The summed E-state index contributed by atoms with van der Waals surface area (Å²) in [5.74, 6) is -0.275. The maximum Gasteiger partial charge on any atom is 0.263 e. The molecule has 1 aliphatic rings. The Kier molecular flexibility index (Phi) is 6.36. The fraction of sp³-hybridized carbons (Fsp3) is 0.240. The van der Waals surface area contributed by atoms with E-state index < -0.39 is 0 Å². The van der Waals surface area contributed by atoms with Crippen molar-refractivity contribution >= 4 is 44.9 Å². The summed E-state index contributed by atoms with van der Waals surface area (Å²) < 4.78 is 1.92. The second-order valence-electron chi connectivity index (χ2n) is 8.26. The van der Waals surface area contributed by atoms with Crippen LogP contribution in [-0.4, -0.2) is 39.8 Å². The number of aromatic nitrogens is 2. The number of aliphatic hydroxyl groups excluding tert-OH is 1. The Bertz CT molecular complexity index is 1390. The first-order valence-electron chi connectivity index (χ1n) is 11.1. The molecule has 174 valence electrons. The third-order valence-corrected chi connectivity index (χ3v) is 7.26. The molecule has 1 amide bonds. The predicted octanol–water partition coefficient (Wildman–Crippen LogP) is 3.99. The van der Waals surface area contributed by atoms with Crippen LogP contribution >= 0.6 is 22.9 Å². The van der Waals surface area contributed by atoms with Gasteiger partial charge in [0.1, 0.15) is 4.88 Å². The SMILES string of the molecule is O=C(NCc1cn(-c2ccccc2)c2cc(Cl)ccc2c1=O)c1cnc(N2CCC(O)CC2)s1. The largest absolute Gasteiger partial charge is 0.393 e. The minimum atomic E-state index is -0.275. The number of anilines is 1. The molecule has 2 N–H and O–H groups in total. The summed E-state index contributed by atoms with van der Waals surface area (Å²) in [7, 11) is 0. The first-order valence-corrected chi connectivity index (χ1v) is 12.3. The Morgan fingerprint density at radius 1 is 1.18 bits per heavy atom. The van der Waals surface area contributed by atoms with Crippen LogP contribution in [-0.2, 0) is 6.54 Å². The molecule has 5 rings (SSSR count). The number of carbonyl (C=O) groups is 1. The molecule has 1 aliphatic heterocycles. The van der Waals surface area contributed by atoms with Crippen molar-refractivity contribution < 1.29 is 9.90 Å². The lowest BCUT2D eigenvalue weighted by Gasteiger charge is -2.28. The molecule has 0 radical (unpaired) electrons. The first kappa shape index (κ1) is 22.6. The number of pyridine rings is 1. The van der Waals surface area contributed by atoms with E-state index in [2.05, 4.69) is 15.2 Å². The molecule has 0 aliphatic carbocycles. The number of aliphatic hydroxyl groups is 1. The topological polar surface area (TPSA) is 87.5 Å². The van der Waals surface area contributed by atoms with Crippen molar-refractivity contribution in [3.8, 4) is 5.69 Å². The summed E-state index contributed by atoms with van der Waals surface area (Å²) in [6, 6.07) is 14.9. The lowest BCUT2D eigenvalue weighted by Crippen LogP contribution is -2.35. The van der Waals surface area contributed by atoms with Crippen LogP contribution in [0.15, 0.2) is 65.7 Å². The molecule has 0 spiro atoms. The molecule has 2 aromatic heterocycles. The average Bonchev–Trinajstić information content (AvgIpc) is 3.35. The van der Waals surface area contributed by atoms with Gasteiger partial charge in [0.25, 0.3) is 5.91 Å². The lowest BCUT2D eigenvalue weighted by molar-refractivity contribution is 0.0954. The van der Waals surface area contributed by atoms with E-state index in [1.807, 2.05) is 34.9 Å². The molecule has 9 heteroatoms. The Morgan fingerprint density at radius 2 is 1.94 bits per heavy atom. The average molecular weight is 495 g/mol. The van der Waals surface area contributed by atoms with Gasteiger partial charge < -0.3 is 19.9 Å². The zero-order chi connectivity index (χ0) is 23.7. The molecule has 7 nitrogen and oxygen atoms in total. The van der Waals surface area contributed by atoms with Crippen LogP contribution in [0.3, 0.4) is 0 Å². The number of thiazole rings is 1. The first-order chi connectivity index (χ1) is 16.5. The van der Waals surface area contributed by atoms with Crippen molar-refractivity contribution in [2.75, 3.05) is 18.0 Å². The van der Waals surface area contributed by atoms with Gasteiger partial charge >= 0.3 is 0 Å². The maximum absolute atomic E-state index is 13.2. The predicted molar refractivity (Wildman–Crippen MR) is 135 cm³/mol. The van der Waals surface area contributed by atoms with Gasteiger partial charge in [0.15, 0.2) is 10.6 Å².